The summed E-state index contributed by atoms with van der Waals surface area (Å²) in [5.74, 6) is 0. The van der Waals surface area contributed by atoms with Crippen molar-refractivity contribution < 1.29 is 0 Å². The highest BCUT2D eigenvalue weighted by atomic mass is 15.1. The Balaban J connectivity index is 1.35. The lowest BCUT2D eigenvalue weighted by molar-refractivity contribution is 0.582. The third-order valence-electron chi connectivity index (χ3n) is 13.4. The molecule has 2 aliphatic carbocycles. The first kappa shape index (κ1) is 39.4. The summed E-state index contributed by atoms with van der Waals surface area (Å²) in [6.07, 6.45) is 0. The molecule has 62 heavy (non-hydrogen) atoms. The second kappa shape index (κ2) is 14.7. The van der Waals surface area contributed by atoms with Gasteiger partial charge in [-0.05, 0) is 112 Å². The molecular formula is C61H55N. The summed E-state index contributed by atoms with van der Waals surface area (Å²) in [5.41, 5.74) is 18.0. The van der Waals surface area contributed by atoms with Gasteiger partial charge in [-0.15, -0.1) is 0 Å². The van der Waals surface area contributed by atoms with E-state index in [4.69, 9.17) is 0 Å². The zero-order valence-electron chi connectivity index (χ0n) is 37.3. The number of rotatable bonds is 5. The van der Waals surface area contributed by atoms with E-state index in [0.717, 1.165) is 17.1 Å². The number of fused-ring (bicyclic) bond motifs is 3. The second-order valence-electron chi connectivity index (χ2n) is 19.9. The van der Waals surface area contributed by atoms with Crippen molar-refractivity contribution in [2.75, 3.05) is 4.90 Å². The van der Waals surface area contributed by atoms with E-state index < -0.39 is 0 Å². The van der Waals surface area contributed by atoms with Gasteiger partial charge in [0.15, 0.2) is 0 Å². The van der Waals surface area contributed by atoms with E-state index in [9.17, 15) is 0 Å². The fourth-order valence-corrected chi connectivity index (χ4v) is 9.63. The van der Waals surface area contributed by atoms with Crippen LogP contribution in [0.4, 0.5) is 17.1 Å². The predicted molar refractivity (Wildman–Crippen MR) is 267 cm³/mol. The average molecular weight is 802 g/mol. The Kier molecular flexibility index (Phi) is 9.38. The third-order valence-corrected chi connectivity index (χ3v) is 13.4. The molecule has 9 aromatic carbocycles. The lowest BCUT2D eigenvalue weighted by atomic mass is 9.74. The van der Waals surface area contributed by atoms with Gasteiger partial charge in [-0.1, -0.05) is 219 Å². The van der Waals surface area contributed by atoms with Crippen LogP contribution in [-0.2, 0) is 16.2 Å². The minimum atomic E-state index is -0.320. The van der Waals surface area contributed by atoms with Crippen molar-refractivity contribution in [1.82, 2.24) is 0 Å². The highest BCUT2D eigenvalue weighted by Crippen LogP contribution is 2.51. The van der Waals surface area contributed by atoms with Crippen LogP contribution in [0.25, 0.3) is 66.1 Å². The summed E-state index contributed by atoms with van der Waals surface area (Å²) in [6.45, 7) is 18.8. The van der Waals surface area contributed by atoms with E-state index >= 15 is 0 Å². The van der Waals surface area contributed by atoms with Gasteiger partial charge in [0.1, 0.15) is 0 Å². The highest BCUT2D eigenvalue weighted by molar-refractivity contribution is 6.09. The Morgan fingerprint density at radius 1 is 0.371 bits per heavy atom. The number of nitrogens with zero attached hydrogens (tertiary/aromatic N) is 1. The molecule has 0 N–H and O–H groups in total. The summed E-state index contributed by atoms with van der Waals surface area (Å²) in [7, 11) is 0. The Labute approximate surface area is 368 Å². The van der Waals surface area contributed by atoms with Gasteiger partial charge < -0.3 is 4.90 Å². The zero-order chi connectivity index (χ0) is 43.0. The summed E-state index contributed by atoms with van der Waals surface area (Å²) < 4.78 is 0. The number of hydrogen-bond donors (Lipinski definition) is 0. The first-order valence-electron chi connectivity index (χ1n) is 22.2. The maximum Gasteiger partial charge on any atom is 0.0543 e. The predicted octanol–water partition coefficient (Wildman–Crippen LogP) is 17.4. The van der Waals surface area contributed by atoms with Crippen molar-refractivity contribution >= 4 is 38.6 Å². The van der Waals surface area contributed by atoms with Gasteiger partial charge in [0.25, 0.3) is 0 Å². The molecule has 0 amide bonds. The van der Waals surface area contributed by atoms with E-state index in [2.05, 4.69) is 248 Å². The molecule has 9 aromatic rings. The second-order valence-corrected chi connectivity index (χ2v) is 19.9. The fourth-order valence-electron chi connectivity index (χ4n) is 9.63. The van der Waals surface area contributed by atoms with E-state index in [1.54, 1.807) is 0 Å². The highest BCUT2D eigenvalue weighted by Gasteiger charge is 2.31. The Bertz CT molecular complexity index is 3160. The Morgan fingerprint density at radius 3 is 1.74 bits per heavy atom. The monoisotopic (exact) mass is 801 g/mol. The first-order chi connectivity index (χ1) is 29.8. The summed E-state index contributed by atoms with van der Waals surface area (Å²) in [5, 5.41) is 5.00. The van der Waals surface area contributed by atoms with Crippen LogP contribution in [0.2, 0.25) is 0 Å². The van der Waals surface area contributed by atoms with E-state index in [0.29, 0.717) is 0 Å². The van der Waals surface area contributed by atoms with Crippen LogP contribution < -0.4 is 4.90 Å². The van der Waals surface area contributed by atoms with Crippen LogP contribution >= 0.6 is 0 Å². The quantitative estimate of drug-likeness (QED) is 0.168. The standard InChI is InChI=1S/C61H55N/c1-59(2,3)45-30-32-52(41-18-10-9-11-19-41)56(38-45)62(49-25-14-24-43(36-49)51-27-15-21-40-20-12-13-26-50(40)51)57-39-46-31-33-54(57)55-29-17-23-42-22-16-28-53(58(42)55)44-34-47(60(4,5)6)37-48(35-44)61(46,7)8/h9-39H,1-8H3. The maximum atomic E-state index is 2.58. The molecule has 0 spiro atoms. The minimum Gasteiger partial charge on any atom is -0.309 e. The summed E-state index contributed by atoms with van der Waals surface area (Å²) in [6, 6.07) is 71.1. The average Bonchev–Trinajstić information content (AvgIpc) is 3.29. The molecule has 0 saturated heterocycles. The van der Waals surface area contributed by atoms with E-state index in [-0.39, 0.29) is 16.2 Å². The summed E-state index contributed by atoms with van der Waals surface area (Å²) >= 11 is 0. The van der Waals surface area contributed by atoms with Crippen LogP contribution in [0.1, 0.15) is 77.6 Å². The zero-order valence-corrected chi connectivity index (χ0v) is 37.3. The topological polar surface area (TPSA) is 3.24 Å². The fraction of sp³-hybridized carbons (Fsp3) is 0.180. The molecule has 0 atom stereocenters. The van der Waals surface area contributed by atoms with Crippen molar-refractivity contribution in [3.63, 3.8) is 0 Å². The van der Waals surface area contributed by atoms with Gasteiger partial charge in [0, 0.05) is 22.2 Å². The van der Waals surface area contributed by atoms with Gasteiger partial charge >= 0.3 is 0 Å². The summed E-state index contributed by atoms with van der Waals surface area (Å²) in [4.78, 5) is 2.58. The molecule has 304 valence electrons. The van der Waals surface area contributed by atoms with Gasteiger partial charge in [-0.3, -0.25) is 0 Å². The first-order valence-corrected chi connectivity index (χ1v) is 22.2. The van der Waals surface area contributed by atoms with E-state index in [1.165, 1.54) is 88.3 Å². The maximum absolute atomic E-state index is 2.58. The molecule has 0 fully saturated rings. The molecule has 4 bridgehead atoms. The molecule has 0 heterocycles. The minimum absolute atomic E-state index is 0.0271. The van der Waals surface area contributed by atoms with Crippen molar-refractivity contribution in [2.24, 2.45) is 0 Å². The van der Waals surface area contributed by atoms with Crippen molar-refractivity contribution in [3.05, 3.63) is 210 Å². The lowest BCUT2D eigenvalue weighted by Gasteiger charge is -2.34. The Morgan fingerprint density at radius 2 is 0.984 bits per heavy atom. The molecule has 1 heteroatoms. The largest absolute Gasteiger partial charge is 0.309 e. The molecule has 0 aromatic heterocycles. The Hall–Kier alpha value is -6.70. The van der Waals surface area contributed by atoms with Crippen molar-refractivity contribution in [1.29, 1.82) is 0 Å². The SMILES string of the molecule is CC(C)(C)c1cc2cc(c1)C(C)(C)c1ccc(c(N(c3cccc(-c4cccc5ccccc45)c3)c3cc(C(C)(C)C)ccc3-c3ccccc3)c1)-c1cccc3cccc-2c13. The number of anilines is 3. The van der Waals surface area contributed by atoms with Crippen LogP contribution in [-0.4, -0.2) is 0 Å². The molecule has 11 rings (SSSR count). The van der Waals surface area contributed by atoms with Crippen LogP contribution in [0.3, 0.4) is 0 Å². The van der Waals surface area contributed by atoms with Crippen LogP contribution in [0.15, 0.2) is 188 Å². The third kappa shape index (κ3) is 6.81. The lowest BCUT2D eigenvalue weighted by Crippen LogP contribution is -2.22. The van der Waals surface area contributed by atoms with Gasteiger partial charge in [-0.25, -0.2) is 0 Å². The molecular weight excluding hydrogens is 747 g/mol. The molecule has 0 radical (unpaired) electrons. The molecule has 0 saturated carbocycles. The smallest absolute Gasteiger partial charge is 0.0543 e. The van der Waals surface area contributed by atoms with Crippen LogP contribution in [0.5, 0.6) is 0 Å². The van der Waals surface area contributed by atoms with Crippen LogP contribution in [0, 0.1) is 0 Å². The molecule has 2 aliphatic rings. The van der Waals surface area contributed by atoms with Crippen molar-refractivity contribution in [3.8, 4) is 44.5 Å². The van der Waals surface area contributed by atoms with E-state index in [1.807, 2.05) is 0 Å². The molecule has 0 unspecified atom stereocenters. The number of hydrogen-bond acceptors (Lipinski definition) is 1. The van der Waals surface area contributed by atoms with Gasteiger partial charge in [-0.2, -0.15) is 0 Å². The number of benzene rings is 9. The normalized spacial score (nSPS) is 13.3. The molecule has 1 nitrogen and oxygen atoms in total. The van der Waals surface area contributed by atoms with Gasteiger partial charge in [0.05, 0.1) is 11.4 Å². The van der Waals surface area contributed by atoms with Gasteiger partial charge in [0.2, 0.25) is 0 Å². The van der Waals surface area contributed by atoms with Crippen molar-refractivity contribution in [2.45, 2.75) is 71.6 Å². The molecule has 0 aliphatic heterocycles.